The van der Waals surface area contributed by atoms with Crippen LogP contribution in [0.15, 0.2) is 77.4 Å². The third kappa shape index (κ3) is 3.09. The van der Waals surface area contributed by atoms with Crippen LogP contribution < -0.4 is 4.74 Å². The van der Waals surface area contributed by atoms with Crippen molar-refractivity contribution >= 4 is 28.7 Å². The van der Waals surface area contributed by atoms with Crippen molar-refractivity contribution in [2.24, 2.45) is 4.99 Å². The van der Waals surface area contributed by atoms with Crippen molar-refractivity contribution in [3.63, 3.8) is 0 Å². The second kappa shape index (κ2) is 6.84. The number of carbonyl (C=O) groups is 1. The second-order valence-corrected chi connectivity index (χ2v) is 5.87. The number of fused-ring (bicyclic) bond motifs is 1. The van der Waals surface area contributed by atoms with Crippen LogP contribution >= 0.6 is 0 Å². The van der Waals surface area contributed by atoms with Crippen LogP contribution in [0.4, 0.5) is 0 Å². The van der Waals surface area contributed by atoms with Crippen LogP contribution in [0, 0.1) is 0 Å². The summed E-state index contributed by atoms with van der Waals surface area (Å²) in [7, 11) is 0. The van der Waals surface area contributed by atoms with Crippen LogP contribution in [0.2, 0.25) is 0 Å². The quantitative estimate of drug-likeness (QED) is 0.514. The predicted octanol–water partition coefficient (Wildman–Crippen LogP) is 4.58. The topological polar surface area (TPSA) is 47.9 Å². The number of hydrogen-bond donors (Lipinski definition) is 0. The van der Waals surface area contributed by atoms with Crippen LogP contribution in [0.25, 0.3) is 16.8 Å². The Hall–Kier alpha value is -3.40. The molecule has 0 bridgehead atoms. The highest BCUT2D eigenvalue weighted by Gasteiger charge is 2.24. The van der Waals surface area contributed by atoms with Gasteiger partial charge in [-0.15, -0.1) is 0 Å². The summed E-state index contributed by atoms with van der Waals surface area (Å²) < 4.78 is 11.0. The Balaban J connectivity index is 1.71. The fourth-order valence-electron chi connectivity index (χ4n) is 2.89. The zero-order valence-corrected chi connectivity index (χ0v) is 14.3. The Bertz CT molecular complexity index is 1050. The van der Waals surface area contributed by atoms with Gasteiger partial charge in [0.1, 0.15) is 5.75 Å². The molecule has 0 fully saturated rings. The summed E-state index contributed by atoms with van der Waals surface area (Å²) in [6, 6.07) is 21.4. The van der Waals surface area contributed by atoms with Crippen LogP contribution in [-0.4, -0.2) is 18.5 Å². The largest absolute Gasteiger partial charge is 0.493 e. The van der Waals surface area contributed by atoms with Gasteiger partial charge in [-0.3, -0.25) is 0 Å². The van der Waals surface area contributed by atoms with Crippen molar-refractivity contribution in [3.05, 3.63) is 83.6 Å². The molecule has 0 saturated heterocycles. The summed E-state index contributed by atoms with van der Waals surface area (Å²) in [5, 5.41) is 2.20. The predicted molar refractivity (Wildman–Crippen MR) is 102 cm³/mol. The third-order valence-corrected chi connectivity index (χ3v) is 4.13. The average molecular weight is 343 g/mol. The molecule has 0 aromatic heterocycles. The minimum Gasteiger partial charge on any atom is -0.493 e. The fourth-order valence-corrected chi connectivity index (χ4v) is 2.89. The maximum Gasteiger partial charge on any atom is 0.363 e. The number of benzene rings is 3. The summed E-state index contributed by atoms with van der Waals surface area (Å²) in [6.07, 6.45) is 1.70. The number of cyclic esters (lactones) is 1. The van der Waals surface area contributed by atoms with Gasteiger partial charge < -0.3 is 9.47 Å². The van der Waals surface area contributed by atoms with Gasteiger partial charge >= 0.3 is 5.97 Å². The highest BCUT2D eigenvalue weighted by molar-refractivity contribution is 6.13. The van der Waals surface area contributed by atoms with Gasteiger partial charge in [-0.05, 0) is 42.0 Å². The van der Waals surface area contributed by atoms with E-state index in [1.807, 2.05) is 73.7 Å². The number of esters is 1. The van der Waals surface area contributed by atoms with Crippen LogP contribution in [-0.2, 0) is 9.53 Å². The lowest BCUT2D eigenvalue weighted by Gasteiger charge is -2.06. The minimum atomic E-state index is -0.459. The number of ether oxygens (including phenoxy) is 2. The molecule has 1 aliphatic heterocycles. The minimum absolute atomic E-state index is 0.264. The van der Waals surface area contributed by atoms with Crippen molar-refractivity contribution in [1.29, 1.82) is 0 Å². The molecule has 1 aliphatic rings. The van der Waals surface area contributed by atoms with E-state index in [4.69, 9.17) is 9.47 Å². The molecule has 4 nitrogen and oxygen atoms in total. The molecule has 0 amide bonds. The van der Waals surface area contributed by atoms with E-state index < -0.39 is 5.97 Å². The Morgan fingerprint density at radius 2 is 1.77 bits per heavy atom. The van der Waals surface area contributed by atoms with Gasteiger partial charge in [0.2, 0.25) is 5.90 Å². The number of nitrogens with zero attached hydrogens (tertiary/aromatic N) is 1. The molecule has 0 radical (unpaired) electrons. The molecule has 26 heavy (non-hydrogen) atoms. The SMILES string of the molecule is CCOc1ccccc1C=C1N=C(c2ccc3ccccc3c2)OC1=O. The molecular formula is C22H17NO3. The van der Waals surface area contributed by atoms with Gasteiger partial charge in [0.25, 0.3) is 0 Å². The van der Waals surface area contributed by atoms with Gasteiger partial charge in [-0.2, -0.15) is 0 Å². The zero-order valence-electron chi connectivity index (χ0n) is 14.3. The number of rotatable bonds is 4. The molecule has 4 heteroatoms. The normalized spacial score (nSPS) is 15.2. The molecule has 3 aromatic rings. The van der Waals surface area contributed by atoms with Crippen molar-refractivity contribution in [2.45, 2.75) is 6.92 Å². The summed E-state index contributed by atoms with van der Waals surface area (Å²) in [4.78, 5) is 16.6. The van der Waals surface area contributed by atoms with Gasteiger partial charge in [0.05, 0.1) is 6.61 Å². The molecule has 128 valence electrons. The van der Waals surface area contributed by atoms with Gasteiger partial charge in [0, 0.05) is 11.1 Å². The van der Waals surface area contributed by atoms with Crippen molar-refractivity contribution < 1.29 is 14.3 Å². The van der Waals surface area contributed by atoms with E-state index in [9.17, 15) is 4.79 Å². The summed E-state index contributed by atoms with van der Waals surface area (Å²) in [5.74, 6) is 0.574. The summed E-state index contributed by atoms with van der Waals surface area (Å²) in [6.45, 7) is 2.47. The smallest absolute Gasteiger partial charge is 0.363 e. The van der Waals surface area contributed by atoms with Crippen LogP contribution in [0.1, 0.15) is 18.1 Å². The number of aliphatic imine (C=N–C) groups is 1. The van der Waals surface area contributed by atoms with Gasteiger partial charge in [-0.1, -0.05) is 48.5 Å². The highest BCUT2D eigenvalue weighted by Crippen LogP contribution is 2.25. The summed E-state index contributed by atoms with van der Waals surface area (Å²) in [5.41, 5.74) is 1.84. The van der Waals surface area contributed by atoms with E-state index in [1.165, 1.54) is 0 Å². The maximum absolute atomic E-state index is 12.2. The first kappa shape index (κ1) is 16.1. The molecule has 4 rings (SSSR count). The van der Waals surface area contributed by atoms with E-state index in [0.717, 1.165) is 21.9 Å². The van der Waals surface area contributed by atoms with E-state index in [-0.39, 0.29) is 5.70 Å². The first-order chi connectivity index (χ1) is 12.7. The molecule has 1 heterocycles. The Labute approximate surface area is 151 Å². The van der Waals surface area contributed by atoms with Crippen molar-refractivity contribution in [1.82, 2.24) is 0 Å². The molecule has 0 atom stereocenters. The van der Waals surface area contributed by atoms with Gasteiger partial charge in [0.15, 0.2) is 5.70 Å². The van der Waals surface area contributed by atoms with E-state index >= 15 is 0 Å². The number of hydrogen-bond acceptors (Lipinski definition) is 4. The maximum atomic E-state index is 12.2. The van der Waals surface area contributed by atoms with Gasteiger partial charge in [-0.25, -0.2) is 9.79 Å². The zero-order chi connectivity index (χ0) is 17.9. The Kier molecular flexibility index (Phi) is 4.23. The molecule has 0 spiro atoms. The fraction of sp³-hybridized carbons (Fsp3) is 0.0909. The lowest BCUT2D eigenvalue weighted by atomic mass is 10.1. The highest BCUT2D eigenvalue weighted by atomic mass is 16.6. The lowest BCUT2D eigenvalue weighted by Crippen LogP contribution is -2.05. The number of carbonyl (C=O) groups excluding carboxylic acids is 1. The monoisotopic (exact) mass is 343 g/mol. The molecular weight excluding hydrogens is 326 g/mol. The Morgan fingerprint density at radius 3 is 2.62 bits per heavy atom. The van der Waals surface area contributed by atoms with Crippen molar-refractivity contribution in [2.75, 3.05) is 6.61 Å². The Morgan fingerprint density at radius 1 is 1.00 bits per heavy atom. The lowest BCUT2D eigenvalue weighted by molar-refractivity contribution is -0.129. The molecule has 0 N–H and O–H groups in total. The number of para-hydroxylation sites is 1. The first-order valence-corrected chi connectivity index (χ1v) is 8.48. The first-order valence-electron chi connectivity index (χ1n) is 8.48. The third-order valence-electron chi connectivity index (χ3n) is 4.13. The molecule has 0 unspecified atom stereocenters. The van der Waals surface area contributed by atoms with Crippen LogP contribution in [0.5, 0.6) is 5.75 Å². The van der Waals surface area contributed by atoms with Crippen LogP contribution in [0.3, 0.4) is 0 Å². The van der Waals surface area contributed by atoms with E-state index in [2.05, 4.69) is 4.99 Å². The average Bonchev–Trinajstić information content (AvgIpc) is 3.04. The van der Waals surface area contributed by atoms with E-state index in [0.29, 0.717) is 18.3 Å². The molecule has 0 aliphatic carbocycles. The van der Waals surface area contributed by atoms with E-state index in [1.54, 1.807) is 6.08 Å². The standard InChI is InChI=1S/C22H17NO3/c1-2-25-20-10-6-5-9-17(20)14-19-22(24)26-21(23-19)18-12-11-15-7-3-4-8-16(15)13-18/h3-14H,2H2,1H3. The molecule has 3 aromatic carbocycles. The second-order valence-electron chi connectivity index (χ2n) is 5.87. The molecule has 0 saturated carbocycles. The van der Waals surface area contributed by atoms with Crippen molar-refractivity contribution in [3.8, 4) is 5.75 Å². The summed E-state index contributed by atoms with van der Waals surface area (Å²) >= 11 is 0.